The lowest BCUT2D eigenvalue weighted by Gasteiger charge is -2.17. The zero-order valence-corrected chi connectivity index (χ0v) is 14.6. The molecule has 0 bridgehead atoms. The summed E-state index contributed by atoms with van der Waals surface area (Å²) >= 11 is 0. The van der Waals surface area contributed by atoms with Gasteiger partial charge < -0.3 is 10.4 Å². The lowest BCUT2D eigenvalue weighted by molar-refractivity contribution is -0.137. The van der Waals surface area contributed by atoms with Gasteiger partial charge in [-0.15, -0.1) is 0 Å². The third-order valence-corrected chi connectivity index (χ3v) is 4.31. The molecule has 0 aliphatic rings. The standard InChI is InChI=1S/C22H18N2O3/c23-14-16-5-3-4-15(10-16)11-20(13-21(25)26)24-22(27)19-9-8-17-6-1-2-7-18(17)12-19/h1-10,12,20H,11,13H2,(H,24,27)(H,25,26)/t20-/m1/s1. The van der Waals surface area contributed by atoms with Crippen molar-refractivity contribution < 1.29 is 14.7 Å². The molecule has 0 radical (unpaired) electrons. The topological polar surface area (TPSA) is 90.2 Å². The maximum Gasteiger partial charge on any atom is 0.305 e. The average Bonchev–Trinajstić information content (AvgIpc) is 2.67. The van der Waals surface area contributed by atoms with Gasteiger partial charge in [0.25, 0.3) is 5.91 Å². The third-order valence-electron chi connectivity index (χ3n) is 4.31. The predicted molar refractivity (Wildman–Crippen MR) is 102 cm³/mol. The number of carbonyl (C=O) groups is 2. The number of carboxylic acid groups (broad SMARTS) is 1. The van der Waals surface area contributed by atoms with Gasteiger partial charge in [0, 0.05) is 11.6 Å². The van der Waals surface area contributed by atoms with Crippen LogP contribution >= 0.6 is 0 Å². The minimum absolute atomic E-state index is 0.198. The van der Waals surface area contributed by atoms with E-state index >= 15 is 0 Å². The zero-order valence-electron chi connectivity index (χ0n) is 14.6. The Morgan fingerprint density at radius 1 is 1.00 bits per heavy atom. The number of hydrogen-bond donors (Lipinski definition) is 2. The fourth-order valence-electron chi connectivity index (χ4n) is 3.04. The molecule has 27 heavy (non-hydrogen) atoms. The van der Waals surface area contributed by atoms with Crippen LogP contribution in [0.15, 0.2) is 66.7 Å². The summed E-state index contributed by atoms with van der Waals surface area (Å²) in [5.74, 6) is -1.31. The molecule has 0 saturated heterocycles. The van der Waals surface area contributed by atoms with Crippen LogP contribution in [0.4, 0.5) is 0 Å². The number of nitrogens with zero attached hydrogens (tertiary/aromatic N) is 1. The lowest BCUT2D eigenvalue weighted by Crippen LogP contribution is -2.38. The molecule has 3 aromatic rings. The largest absolute Gasteiger partial charge is 0.481 e. The van der Waals surface area contributed by atoms with Crippen molar-refractivity contribution in [3.63, 3.8) is 0 Å². The van der Waals surface area contributed by atoms with Crippen molar-refractivity contribution in [1.82, 2.24) is 5.32 Å². The summed E-state index contributed by atoms with van der Waals surface area (Å²) in [5.41, 5.74) is 1.79. The number of amides is 1. The SMILES string of the molecule is N#Cc1cccc(C[C@H](CC(=O)O)NC(=O)c2ccc3ccccc3c2)c1. The average molecular weight is 358 g/mol. The van der Waals surface area contributed by atoms with Crippen molar-refractivity contribution >= 4 is 22.6 Å². The summed E-state index contributed by atoms with van der Waals surface area (Å²) in [6, 6.07) is 21.6. The van der Waals surface area contributed by atoms with Crippen LogP contribution in [0.3, 0.4) is 0 Å². The number of benzene rings is 3. The predicted octanol–water partition coefficient (Wildman–Crippen LogP) is 3.53. The Morgan fingerprint density at radius 2 is 1.78 bits per heavy atom. The summed E-state index contributed by atoms with van der Waals surface area (Å²) in [6.45, 7) is 0. The van der Waals surface area contributed by atoms with Crippen molar-refractivity contribution in [3.05, 3.63) is 83.4 Å². The molecular weight excluding hydrogens is 340 g/mol. The molecule has 5 nitrogen and oxygen atoms in total. The number of carboxylic acids is 1. The molecule has 0 spiro atoms. The third kappa shape index (κ3) is 4.71. The molecule has 0 aromatic heterocycles. The van der Waals surface area contributed by atoms with Gasteiger partial charge in [0.15, 0.2) is 0 Å². The van der Waals surface area contributed by atoms with Crippen molar-refractivity contribution in [2.24, 2.45) is 0 Å². The molecule has 0 saturated carbocycles. The molecule has 3 aromatic carbocycles. The van der Waals surface area contributed by atoms with Crippen molar-refractivity contribution in [3.8, 4) is 6.07 Å². The number of aliphatic carboxylic acids is 1. The van der Waals surface area contributed by atoms with Crippen molar-refractivity contribution in [1.29, 1.82) is 5.26 Å². The summed E-state index contributed by atoms with van der Waals surface area (Å²) in [5, 5.41) is 23.0. The summed E-state index contributed by atoms with van der Waals surface area (Å²) < 4.78 is 0. The minimum Gasteiger partial charge on any atom is -0.481 e. The second-order valence-electron chi connectivity index (χ2n) is 6.35. The van der Waals surface area contributed by atoms with Gasteiger partial charge in [-0.1, -0.05) is 42.5 Å². The second-order valence-corrected chi connectivity index (χ2v) is 6.35. The quantitative estimate of drug-likeness (QED) is 0.705. The Hall–Kier alpha value is -3.65. The zero-order chi connectivity index (χ0) is 19.2. The van der Waals surface area contributed by atoms with Gasteiger partial charge in [0.2, 0.25) is 0 Å². The highest BCUT2D eigenvalue weighted by Gasteiger charge is 2.18. The molecule has 3 rings (SSSR count). The number of hydrogen-bond acceptors (Lipinski definition) is 3. The first-order valence-electron chi connectivity index (χ1n) is 8.55. The normalized spacial score (nSPS) is 11.5. The van der Waals surface area contributed by atoms with Crippen LogP contribution in [0.5, 0.6) is 0 Å². The van der Waals surface area contributed by atoms with E-state index in [2.05, 4.69) is 11.4 Å². The van der Waals surface area contributed by atoms with Crippen LogP contribution in [-0.4, -0.2) is 23.0 Å². The van der Waals surface area contributed by atoms with Gasteiger partial charge in [-0.2, -0.15) is 5.26 Å². The van der Waals surface area contributed by atoms with Crippen molar-refractivity contribution in [2.45, 2.75) is 18.9 Å². The Morgan fingerprint density at radius 3 is 2.52 bits per heavy atom. The molecular formula is C22H18N2O3. The Kier molecular flexibility index (Phi) is 5.48. The molecule has 1 atom stereocenters. The fourth-order valence-corrected chi connectivity index (χ4v) is 3.04. The smallest absolute Gasteiger partial charge is 0.305 e. The van der Waals surface area contributed by atoms with Crippen LogP contribution in [0.2, 0.25) is 0 Å². The number of carbonyl (C=O) groups excluding carboxylic acids is 1. The summed E-state index contributed by atoms with van der Waals surface area (Å²) in [6.07, 6.45) is 0.136. The van der Waals surface area contributed by atoms with Crippen LogP contribution in [0.25, 0.3) is 10.8 Å². The monoisotopic (exact) mass is 358 g/mol. The van der Waals surface area contributed by atoms with E-state index in [0.29, 0.717) is 17.5 Å². The van der Waals surface area contributed by atoms with Gasteiger partial charge in [0.1, 0.15) is 0 Å². The summed E-state index contributed by atoms with van der Waals surface area (Å²) in [7, 11) is 0. The highest BCUT2D eigenvalue weighted by Crippen LogP contribution is 2.16. The first-order chi connectivity index (χ1) is 13.0. The van der Waals surface area contributed by atoms with Crippen molar-refractivity contribution in [2.75, 3.05) is 0 Å². The van der Waals surface area contributed by atoms with E-state index in [0.717, 1.165) is 16.3 Å². The molecule has 0 aliphatic heterocycles. The van der Waals surface area contributed by atoms with E-state index in [9.17, 15) is 14.7 Å². The first kappa shape index (κ1) is 18.2. The number of fused-ring (bicyclic) bond motifs is 1. The van der Waals surface area contributed by atoms with Crippen LogP contribution in [0.1, 0.15) is 27.9 Å². The molecule has 0 fully saturated rings. The number of rotatable bonds is 6. The highest BCUT2D eigenvalue weighted by atomic mass is 16.4. The van der Waals surface area contributed by atoms with Gasteiger partial charge >= 0.3 is 5.97 Å². The maximum atomic E-state index is 12.6. The Balaban J connectivity index is 1.79. The van der Waals surface area contributed by atoms with Gasteiger partial charge in [0.05, 0.1) is 18.1 Å². The van der Waals surface area contributed by atoms with Crippen LogP contribution in [-0.2, 0) is 11.2 Å². The second kappa shape index (κ2) is 8.15. The van der Waals surface area contributed by atoms with Gasteiger partial charge in [-0.3, -0.25) is 9.59 Å². The molecule has 5 heteroatoms. The summed E-state index contributed by atoms with van der Waals surface area (Å²) in [4.78, 5) is 23.8. The highest BCUT2D eigenvalue weighted by molar-refractivity contribution is 5.98. The Labute approximate surface area is 156 Å². The fraction of sp³-hybridized carbons (Fsp3) is 0.136. The number of nitrogens with one attached hydrogen (secondary N) is 1. The maximum absolute atomic E-state index is 12.6. The molecule has 0 aliphatic carbocycles. The van der Waals surface area contributed by atoms with Gasteiger partial charge in [-0.25, -0.2) is 0 Å². The van der Waals surface area contributed by atoms with Crippen LogP contribution in [0, 0.1) is 11.3 Å². The molecule has 0 heterocycles. The number of nitriles is 1. The van der Waals surface area contributed by atoms with Crippen LogP contribution < -0.4 is 5.32 Å². The van der Waals surface area contributed by atoms with E-state index in [1.54, 1.807) is 30.3 Å². The van der Waals surface area contributed by atoms with Gasteiger partial charge in [-0.05, 0) is 47.0 Å². The van der Waals surface area contributed by atoms with E-state index in [1.165, 1.54) is 0 Å². The van der Waals surface area contributed by atoms with E-state index < -0.39 is 12.0 Å². The molecule has 0 unspecified atom stereocenters. The van der Waals surface area contributed by atoms with E-state index in [1.807, 2.05) is 36.4 Å². The van der Waals surface area contributed by atoms with E-state index in [-0.39, 0.29) is 12.3 Å². The molecule has 134 valence electrons. The minimum atomic E-state index is -0.991. The first-order valence-corrected chi connectivity index (χ1v) is 8.55. The molecule has 1 amide bonds. The lowest BCUT2D eigenvalue weighted by atomic mass is 10.0. The Bertz CT molecular complexity index is 1040. The van der Waals surface area contributed by atoms with E-state index in [4.69, 9.17) is 5.26 Å². The molecule has 2 N–H and O–H groups in total.